The Balaban J connectivity index is 1.47. The molecule has 1 spiro atoms. The molecule has 2 aliphatic rings. The average Bonchev–Trinajstić information content (AvgIpc) is 3.30. The molecule has 0 atom stereocenters. The van der Waals surface area contributed by atoms with Crippen LogP contribution >= 0.6 is 0 Å². The summed E-state index contributed by atoms with van der Waals surface area (Å²) < 4.78 is 6.98. The predicted molar refractivity (Wildman–Crippen MR) is 99.4 cm³/mol. The van der Waals surface area contributed by atoms with Crippen molar-refractivity contribution < 1.29 is 14.3 Å². The SMILES string of the molecule is COCC(=O)N1CCC2(CCc3nnc(C(=O)NCc4cccnc4)n32)CC1. The quantitative estimate of drug-likeness (QED) is 0.806. The molecular weight excluding hydrogens is 360 g/mol. The normalized spacial score (nSPS) is 17.5. The van der Waals surface area contributed by atoms with Crippen molar-refractivity contribution in [1.29, 1.82) is 0 Å². The van der Waals surface area contributed by atoms with Crippen LogP contribution in [0.1, 0.15) is 41.3 Å². The van der Waals surface area contributed by atoms with Crippen molar-refractivity contribution in [2.75, 3.05) is 26.8 Å². The number of pyridine rings is 1. The molecule has 0 saturated carbocycles. The maximum atomic E-state index is 12.8. The highest BCUT2D eigenvalue weighted by molar-refractivity contribution is 5.90. The van der Waals surface area contributed by atoms with Gasteiger partial charge in [-0.3, -0.25) is 14.6 Å². The van der Waals surface area contributed by atoms with Crippen LogP contribution in [0, 0.1) is 0 Å². The minimum atomic E-state index is -0.234. The molecule has 1 saturated heterocycles. The lowest BCUT2D eigenvalue weighted by Crippen LogP contribution is -2.48. The van der Waals surface area contributed by atoms with Gasteiger partial charge >= 0.3 is 0 Å². The minimum Gasteiger partial charge on any atom is -0.375 e. The number of amides is 2. The van der Waals surface area contributed by atoms with E-state index in [0.29, 0.717) is 25.5 Å². The van der Waals surface area contributed by atoms with E-state index in [2.05, 4.69) is 20.5 Å². The Kier molecular flexibility index (Phi) is 5.08. The summed E-state index contributed by atoms with van der Waals surface area (Å²) in [6, 6.07) is 3.75. The molecule has 0 aliphatic carbocycles. The zero-order chi connectivity index (χ0) is 19.6. The molecule has 9 heteroatoms. The van der Waals surface area contributed by atoms with E-state index in [0.717, 1.165) is 37.1 Å². The van der Waals surface area contributed by atoms with E-state index in [1.165, 1.54) is 7.11 Å². The molecule has 0 bridgehead atoms. The predicted octanol–water partition coefficient (Wildman–Crippen LogP) is 0.513. The fraction of sp³-hybridized carbons (Fsp3) is 0.526. The highest BCUT2D eigenvalue weighted by Gasteiger charge is 2.45. The Morgan fingerprint density at radius 1 is 1.25 bits per heavy atom. The molecule has 2 aromatic heterocycles. The van der Waals surface area contributed by atoms with Gasteiger partial charge < -0.3 is 19.5 Å². The van der Waals surface area contributed by atoms with Gasteiger partial charge in [0, 0.05) is 45.6 Å². The zero-order valence-electron chi connectivity index (χ0n) is 15.9. The first-order chi connectivity index (χ1) is 13.6. The number of piperidine rings is 1. The third kappa shape index (κ3) is 3.37. The second kappa shape index (κ2) is 7.67. The molecule has 4 rings (SSSR count). The number of carbonyl (C=O) groups excluding carboxylic acids is 2. The van der Waals surface area contributed by atoms with Crippen LogP contribution in [0.4, 0.5) is 0 Å². The number of nitrogens with one attached hydrogen (secondary N) is 1. The fourth-order valence-corrected chi connectivity index (χ4v) is 4.21. The molecule has 28 heavy (non-hydrogen) atoms. The molecule has 2 amide bonds. The summed E-state index contributed by atoms with van der Waals surface area (Å²) in [6.07, 6.45) is 6.72. The number of fused-ring (bicyclic) bond motifs is 2. The van der Waals surface area contributed by atoms with Crippen LogP contribution < -0.4 is 5.32 Å². The first-order valence-corrected chi connectivity index (χ1v) is 9.51. The Labute approximate surface area is 163 Å². The number of methoxy groups -OCH3 is 1. The summed E-state index contributed by atoms with van der Waals surface area (Å²) >= 11 is 0. The molecule has 148 valence electrons. The Hall–Kier alpha value is -2.81. The molecule has 0 unspecified atom stereocenters. The number of rotatable bonds is 5. The number of carbonyl (C=O) groups is 2. The maximum absolute atomic E-state index is 12.8. The second-order valence-corrected chi connectivity index (χ2v) is 7.36. The Bertz CT molecular complexity index is 858. The van der Waals surface area contributed by atoms with Crippen LogP contribution in [0.25, 0.3) is 0 Å². The summed E-state index contributed by atoms with van der Waals surface area (Å²) in [5, 5.41) is 11.3. The van der Waals surface area contributed by atoms with Gasteiger partial charge in [0.15, 0.2) is 0 Å². The Morgan fingerprint density at radius 3 is 2.79 bits per heavy atom. The Morgan fingerprint density at radius 2 is 2.07 bits per heavy atom. The molecule has 2 aromatic rings. The van der Waals surface area contributed by atoms with E-state index in [4.69, 9.17) is 4.74 Å². The van der Waals surface area contributed by atoms with Crippen molar-refractivity contribution in [2.24, 2.45) is 0 Å². The summed E-state index contributed by atoms with van der Waals surface area (Å²) in [5.41, 5.74) is 0.737. The summed E-state index contributed by atoms with van der Waals surface area (Å²) in [7, 11) is 1.53. The molecule has 0 aromatic carbocycles. The van der Waals surface area contributed by atoms with Crippen LogP contribution in [0.5, 0.6) is 0 Å². The van der Waals surface area contributed by atoms with Crippen LogP contribution in [0.15, 0.2) is 24.5 Å². The van der Waals surface area contributed by atoms with E-state index in [1.807, 2.05) is 21.6 Å². The first-order valence-electron chi connectivity index (χ1n) is 9.51. The van der Waals surface area contributed by atoms with Crippen LogP contribution in [-0.2, 0) is 28.0 Å². The molecule has 4 heterocycles. The molecule has 0 radical (unpaired) electrons. The first kappa shape index (κ1) is 18.5. The van der Waals surface area contributed by atoms with Gasteiger partial charge in [-0.25, -0.2) is 0 Å². The van der Waals surface area contributed by atoms with E-state index < -0.39 is 0 Å². The van der Waals surface area contributed by atoms with Gasteiger partial charge in [-0.1, -0.05) is 6.07 Å². The van der Waals surface area contributed by atoms with E-state index in [-0.39, 0.29) is 24.0 Å². The van der Waals surface area contributed by atoms with Crippen molar-refractivity contribution in [3.05, 3.63) is 41.7 Å². The molecule has 1 N–H and O–H groups in total. The third-order valence-corrected chi connectivity index (χ3v) is 5.71. The average molecular weight is 384 g/mol. The van der Waals surface area contributed by atoms with Crippen molar-refractivity contribution in [2.45, 2.75) is 37.8 Å². The molecular formula is C19H24N6O3. The van der Waals surface area contributed by atoms with Gasteiger partial charge in [0.25, 0.3) is 5.91 Å². The maximum Gasteiger partial charge on any atom is 0.289 e. The van der Waals surface area contributed by atoms with Crippen molar-refractivity contribution in [1.82, 2.24) is 30.0 Å². The topological polar surface area (TPSA) is 102 Å². The molecule has 2 aliphatic heterocycles. The van der Waals surface area contributed by atoms with Gasteiger partial charge in [-0.15, -0.1) is 10.2 Å². The van der Waals surface area contributed by atoms with Crippen molar-refractivity contribution in [3.8, 4) is 0 Å². The standard InChI is InChI=1S/C19H24N6O3/c1-28-13-16(26)24-9-6-19(7-10-24)5-4-15-22-23-17(25(15)19)18(27)21-12-14-3-2-8-20-11-14/h2-3,8,11H,4-7,9-10,12-13H2,1H3,(H,21,27). The number of aromatic nitrogens is 4. The molecule has 9 nitrogen and oxygen atoms in total. The summed E-state index contributed by atoms with van der Waals surface area (Å²) in [5.74, 6) is 0.979. The third-order valence-electron chi connectivity index (χ3n) is 5.71. The lowest BCUT2D eigenvalue weighted by molar-refractivity contribution is -0.137. The smallest absolute Gasteiger partial charge is 0.289 e. The lowest BCUT2D eigenvalue weighted by atomic mass is 9.85. The van der Waals surface area contributed by atoms with Crippen LogP contribution in [-0.4, -0.2) is 63.3 Å². The van der Waals surface area contributed by atoms with Crippen LogP contribution in [0.3, 0.4) is 0 Å². The number of hydrogen-bond donors (Lipinski definition) is 1. The molecule has 1 fully saturated rings. The number of aryl methyl sites for hydroxylation is 1. The monoisotopic (exact) mass is 384 g/mol. The second-order valence-electron chi connectivity index (χ2n) is 7.36. The number of nitrogens with zero attached hydrogens (tertiary/aromatic N) is 5. The number of ether oxygens (including phenoxy) is 1. The highest BCUT2D eigenvalue weighted by atomic mass is 16.5. The van der Waals surface area contributed by atoms with Gasteiger partial charge in [0.2, 0.25) is 11.7 Å². The van der Waals surface area contributed by atoms with Crippen LogP contribution in [0.2, 0.25) is 0 Å². The van der Waals surface area contributed by atoms with E-state index >= 15 is 0 Å². The van der Waals surface area contributed by atoms with Crippen molar-refractivity contribution in [3.63, 3.8) is 0 Å². The highest BCUT2D eigenvalue weighted by Crippen LogP contribution is 2.41. The largest absolute Gasteiger partial charge is 0.375 e. The van der Waals surface area contributed by atoms with Gasteiger partial charge in [0.1, 0.15) is 12.4 Å². The number of likely N-dealkylation sites (tertiary alicyclic amines) is 1. The lowest BCUT2D eigenvalue weighted by Gasteiger charge is -2.40. The van der Waals surface area contributed by atoms with E-state index in [9.17, 15) is 9.59 Å². The number of hydrogen-bond acceptors (Lipinski definition) is 6. The van der Waals surface area contributed by atoms with Gasteiger partial charge in [-0.2, -0.15) is 0 Å². The zero-order valence-corrected chi connectivity index (χ0v) is 15.9. The summed E-state index contributed by atoms with van der Waals surface area (Å²) in [4.78, 5) is 30.8. The fourth-order valence-electron chi connectivity index (χ4n) is 4.21. The van der Waals surface area contributed by atoms with Gasteiger partial charge in [0.05, 0.1) is 5.54 Å². The van der Waals surface area contributed by atoms with Gasteiger partial charge in [-0.05, 0) is 30.9 Å². The van der Waals surface area contributed by atoms with E-state index in [1.54, 1.807) is 12.4 Å². The van der Waals surface area contributed by atoms with Crippen molar-refractivity contribution >= 4 is 11.8 Å². The summed E-state index contributed by atoms with van der Waals surface area (Å²) in [6.45, 7) is 1.79. The minimum absolute atomic E-state index is 0.00811.